The third-order valence-corrected chi connectivity index (χ3v) is 5.61. The van der Waals surface area contributed by atoms with E-state index in [9.17, 15) is 18.0 Å². The van der Waals surface area contributed by atoms with Gasteiger partial charge in [0.25, 0.3) is 0 Å². The maximum atomic E-state index is 13.0. The number of hydrogen-bond acceptors (Lipinski definition) is 2. The Morgan fingerprint density at radius 2 is 1.88 bits per heavy atom. The molecule has 2 unspecified atom stereocenters. The van der Waals surface area contributed by atoms with Crippen molar-refractivity contribution in [2.24, 2.45) is 5.41 Å². The maximum Gasteiger partial charge on any atom is 0.408 e. The van der Waals surface area contributed by atoms with Gasteiger partial charge in [0, 0.05) is 17.0 Å². The molecule has 138 valence electrons. The molecule has 6 heteroatoms. The van der Waals surface area contributed by atoms with Crippen LogP contribution in [0.15, 0.2) is 30.3 Å². The van der Waals surface area contributed by atoms with Crippen LogP contribution < -0.4 is 0 Å². The molecule has 1 fully saturated rings. The summed E-state index contributed by atoms with van der Waals surface area (Å²) in [5.41, 5.74) is 2.08. The average Bonchev–Trinajstić information content (AvgIpc) is 3.28. The summed E-state index contributed by atoms with van der Waals surface area (Å²) in [6.45, 7) is 2.60. The van der Waals surface area contributed by atoms with Crippen molar-refractivity contribution < 1.29 is 18.0 Å². The van der Waals surface area contributed by atoms with Crippen LogP contribution in [0.5, 0.6) is 0 Å². The van der Waals surface area contributed by atoms with Gasteiger partial charge in [-0.2, -0.15) is 18.3 Å². The number of fused-ring (bicyclic) bond motifs is 1. The minimum absolute atomic E-state index is 0.0264. The minimum Gasteiger partial charge on any atom is -0.293 e. The molecule has 4 rings (SSSR count). The highest BCUT2D eigenvalue weighted by Gasteiger charge is 2.48. The van der Waals surface area contributed by atoms with Crippen molar-refractivity contribution in [1.82, 2.24) is 9.78 Å². The Hall–Kier alpha value is -2.11. The number of rotatable bonds is 3. The van der Waals surface area contributed by atoms with Crippen LogP contribution in [0.2, 0.25) is 0 Å². The van der Waals surface area contributed by atoms with E-state index in [2.05, 4.69) is 5.10 Å². The predicted octanol–water partition coefficient (Wildman–Crippen LogP) is 4.87. The van der Waals surface area contributed by atoms with Gasteiger partial charge in [0.1, 0.15) is 6.54 Å². The number of Topliss-reactive ketones (excluding diaryl/α,β-unsaturated/α-hetero) is 1. The first-order chi connectivity index (χ1) is 12.2. The van der Waals surface area contributed by atoms with E-state index in [1.54, 1.807) is 0 Å². The molecule has 0 radical (unpaired) electrons. The lowest BCUT2D eigenvalue weighted by Crippen LogP contribution is -2.32. The molecule has 1 aromatic carbocycles. The first-order valence-corrected chi connectivity index (χ1v) is 8.93. The Bertz CT molecular complexity index is 852. The number of hydrogen-bond donors (Lipinski definition) is 0. The van der Waals surface area contributed by atoms with Gasteiger partial charge >= 0.3 is 6.18 Å². The first-order valence-electron chi connectivity index (χ1n) is 8.93. The predicted molar refractivity (Wildman–Crippen MR) is 91.3 cm³/mol. The highest BCUT2D eigenvalue weighted by Crippen LogP contribution is 2.56. The van der Waals surface area contributed by atoms with Gasteiger partial charge in [0.15, 0.2) is 5.78 Å². The number of nitrogens with zero attached hydrogens (tertiary/aromatic N) is 2. The summed E-state index contributed by atoms with van der Waals surface area (Å²) in [5, 5.41) is 4.31. The van der Waals surface area contributed by atoms with Gasteiger partial charge in [0.05, 0.1) is 11.3 Å². The van der Waals surface area contributed by atoms with Gasteiger partial charge in [-0.05, 0) is 30.7 Å². The van der Waals surface area contributed by atoms with E-state index in [1.165, 1.54) is 0 Å². The molecule has 0 N–H and O–H groups in total. The normalized spacial score (nSPS) is 24.4. The second-order valence-electron chi connectivity index (χ2n) is 8.05. The van der Waals surface area contributed by atoms with Gasteiger partial charge in [-0.3, -0.25) is 9.48 Å². The Morgan fingerprint density at radius 1 is 1.19 bits per heavy atom. The van der Waals surface area contributed by atoms with E-state index in [1.807, 2.05) is 44.2 Å². The fraction of sp³-hybridized carbons (Fsp3) is 0.500. The third kappa shape index (κ3) is 2.95. The molecule has 2 aliphatic rings. The molecule has 1 saturated carbocycles. The van der Waals surface area contributed by atoms with Gasteiger partial charge in [-0.15, -0.1) is 0 Å². The van der Waals surface area contributed by atoms with E-state index in [0.717, 1.165) is 16.7 Å². The van der Waals surface area contributed by atoms with Crippen LogP contribution >= 0.6 is 0 Å². The van der Waals surface area contributed by atoms with Crippen LogP contribution in [-0.2, 0) is 13.0 Å². The van der Waals surface area contributed by atoms with Crippen LogP contribution in [0.3, 0.4) is 0 Å². The lowest BCUT2D eigenvalue weighted by Gasteiger charge is -2.28. The molecule has 2 aromatic rings. The largest absolute Gasteiger partial charge is 0.408 e. The molecule has 0 bridgehead atoms. The lowest BCUT2D eigenvalue weighted by atomic mass is 9.74. The molecule has 0 saturated heterocycles. The number of alkyl halides is 3. The van der Waals surface area contributed by atoms with Crippen LogP contribution in [0, 0.1) is 5.41 Å². The first kappa shape index (κ1) is 17.3. The maximum absolute atomic E-state index is 13.0. The van der Waals surface area contributed by atoms with Crippen molar-refractivity contribution >= 4 is 5.78 Å². The second kappa shape index (κ2) is 5.69. The highest BCUT2D eigenvalue weighted by atomic mass is 19.4. The van der Waals surface area contributed by atoms with Crippen LogP contribution in [-0.4, -0.2) is 21.7 Å². The molecule has 1 aromatic heterocycles. The zero-order valence-corrected chi connectivity index (χ0v) is 14.8. The fourth-order valence-corrected chi connectivity index (χ4v) is 4.03. The van der Waals surface area contributed by atoms with Crippen LogP contribution in [0.1, 0.15) is 65.8 Å². The van der Waals surface area contributed by atoms with E-state index >= 15 is 0 Å². The van der Waals surface area contributed by atoms with Gasteiger partial charge in [-0.25, -0.2) is 0 Å². The standard InChI is InChI=1S/C20H21F3N2O/c1-19(2)9-8-15-16(18(19)26)17(24-25(15)11-20(21,22)23)14-10-13(14)12-6-4-3-5-7-12/h3-7,13-14H,8-11H2,1-2H3. The Morgan fingerprint density at radius 3 is 2.54 bits per heavy atom. The summed E-state index contributed by atoms with van der Waals surface area (Å²) in [7, 11) is 0. The average molecular weight is 362 g/mol. The quantitative estimate of drug-likeness (QED) is 0.781. The summed E-state index contributed by atoms with van der Waals surface area (Å²) in [4.78, 5) is 13.0. The smallest absolute Gasteiger partial charge is 0.293 e. The summed E-state index contributed by atoms with van der Waals surface area (Å²) in [5.74, 6) is 0.187. The molecule has 26 heavy (non-hydrogen) atoms. The van der Waals surface area contributed by atoms with E-state index in [4.69, 9.17) is 0 Å². The fourth-order valence-electron chi connectivity index (χ4n) is 4.03. The molecule has 0 spiro atoms. The third-order valence-electron chi connectivity index (χ3n) is 5.61. The highest BCUT2D eigenvalue weighted by molar-refractivity contribution is 6.03. The molecular weight excluding hydrogens is 341 g/mol. The zero-order valence-electron chi connectivity index (χ0n) is 14.8. The van der Waals surface area contributed by atoms with Crippen molar-refractivity contribution in [1.29, 1.82) is 0 Å². The van der Waals surface area contributed by atoms with Crippen LogP contribution in [0.25, 0.3) is 0 Å². The summed E-state index contributed by atoms with van der Waals surface area (Å²) in [6.07, 6.45) is -2.52. The Balaban J connectivity index is 1.75. The topological polar surface area (TPSA) is 34.9 Å². The molecule has 2 aliphatic carbocycles. The molecule has 2 atom stereocenters. The Kier molecular flexibility index (Phi) is 3.79. The number of ketones is 1. The van der Waals surface area contributed by atoms with Crippen molar-refractivity contribution in [3.63, 3.8) is 0 Å². The SMILES string of the molecule is CC1(C)CCc2c(c(C3CC3c3ccccc3)nn2CC(F)(F)F)C1=O. The van der Waals surface area contributed by atoms with E-state index < -0.39 is 18.1 Å². The van der Waals surface area contributed by atoms with E-state index in [0.29, 0.717) is 29.8 Å². The van der Waals surface area contributed by atoms with Gasteiger partial charge in [0.2, 0.25) is 0 Å². The summed E-state index contributed by atoms with van der Waals surface area (Å²) in [6, 6.07) is 9.89. The monoisotopic (exact) mass is 362 g/mol. The molecule has 1 heterocycles. The number of benzene rings is 1. The zero-order chi connectivity index (χ0) is 18.7. The van der Waals surface area contributed by atoms with Crippen molar-refractivity contribution in [2.45, 2.75) is 57.7 Å². The summed E-state index contributed by atoms with van der Waals surface area (Å²) >= 11 is 0. The van der Waals surface area contributed by atoms with Crippen LogP contribution in [0.4, 0.5) is 13.2 Å². The van der Waals surface area contributed by atoms with Crippen molar-refractivity contribution in [3.05, 3.63) is 52.8 Å². The van der Waals surface area contributed by atoms with Crippen molar-refractivity contribution in [3.8, 4) is 0 Å². The molecular formula is C20H21F3N2O. The number of carbonyl (C=O) groups excluding carboxylic acids is 1. The van der Waals surface area contributed by atoms with E-state index in [-0.39, 0.29) is 17.6 Å². The molecule has 3 nitrogen and oxygen atoms in total. The second-order valence-corrected chi connectivity index (χ2v) is 8.05. The van der Waals surface area contributed by atoms with Gasteiger partial charge < -0.3 is 0 Å². The number of halogens is 3. The minimum atomic E-state index is -4.35. The Labute approximate surface area is 150 Å². The number of aromatic nitrogens is 2. The lowest BCUT2D eigenvalue weighted by molar-refractivity contribution is -0.143. The molecule has 0 aliphatic heterocycles. The van der Waals surface area contributed by atoms with Crippen molar-refractivity contribution in [2.75, 3.05) is 0 Å². The molecule has 0 amide bonds. The summed E-state index contributed by atoms with van der Waals surface area (Å²) < 4.78 is 40.0. The van der Waals surface area contributed by atoms with Gasteiger partial charge in [-0.1, -0.05) is 44.2 Å². The number of carbonyl (C=O) groups is 1.